The number of H-pyrrole nitrogens is 1. The quantitative estimate of drug-likeness (QED) is 0.516. The summed E-state index contributed by atoms with van der Waals surface area (Å²) in [5, 5.41) is 0.695. The second-order valence-electron chi connectivity index (χ2n) is 6.89. The van der Waals surface area contributed by atoms with Gasteiger partial charge in [0.05, 0.1) is 0 Å². The van der Waals surface area contributed by atoms with Gasteiger partial charge in [0, 0.05) is 28.7 Å². The van der Waals surface area contributed by atoms with Crippen LogP contribution in [0.3, 0.4) is 0 Å². The molecule has 0 aliphatic carbocycles. The minimum absolute atomic E-state index is 0.130. The lowest BCUT2D eigenvalue weighted by Gasteiger charge is -2.25. The summed E-state index contributed by atoms with van der Waals surface area (Å²) < 4.78 is 6.00. The standard InChI is InChI=1S/C21H20Cl2N2O2/c1-21(2,13-22)19(26)18(20-24-11-12-25-20)27-17-9-5-15(6-10-17)14-3-7-16(23)8-4-14/h3-12,18H,13H2,1-2H3,(H,24,25). The van der Waals surface area contributed by atoms with Crippen LogP contribution in [0.25, 0.3) is 11.1 Å². The molecule has 4 nitrogen and oxygen atoms in total. The number of aromatic amines is 1. The number of nitrogens with zero attached hydrogens (tertiary/aromatic N) is 1. The Hall–Kier alpha value is -2.30. The van der Waals surface area contributed by atoms with E-state index in [-0.39, 0.29) is 11.7 Å². The van der Waals surface area contributed by atoms with Crippen LogP contribution in [0.2, 0.25) is 5.02 Å². The topological polar surface area (TPSA) is 55.0 Å². The van der Waals surface area contributed by atoms with Gasteiger partial charge in [-0.3, -0.25) is 4.79 Å². The molecule has 1 unspecified atom stereocenters. The molecular weight excluding hydrogens is 383 g/mol. The van der Waals surface area contributed by atoms with Crippen molar-refractivity contribution in [3.63, 3.8) is 0 Å². The smallest absolute Gasteiger partial charge is 0.214 e. The summed E-state index contributed by atoms with van der Waals surface area (Å²) >= 11 is 11.9. The van der Waals surface area contributed by atoms with Crippen LogP contribution >= 0.6 is 23.2 Å². The minimum atomic E-state index is -0.852. The molecule has 0 radical (unpaired) electrons. The number of imidazole rings is 1. The first-order chi connectivity index (χ1) is 12.9. The van der Waals surface area contributed by atoms with Crippen molar-refractivity contribution in [3.05, 3.63) is 71.8 Å². The summed E-state index contributed by atoms with van der Waals surface area (Å²) in [7, 11) is 0. The molecule has 1 aromatic heterocycles. The van der Waals surface area contributed by atoms with Crippen molar-refractivity contribution in [2.75, 3.05) is 5.88 Å². The highest BCUT2D eigenvalue weighted by Crippen LogP contribution is 2.31. The number of rotatable bonds is 7. The van der Waals surface area contributed by atoms with Gasteiger partial charge in [0.15, 0.2) is 11.6 Å². The summed E-state index contributed by atoms with van der Waals surface area (Å²) in [5.41, 5.74) is 1.34. The molecule has 0 bridgehead atoms. The monoisotopic (exact) mass is 402 g/mol. The molecular formula is C21H20Cl2N2O2. The Bertz CT molecular complexity index is 889. The highest BCUT2D eigenvalue weighted by atomic mass is 35.5. The lowest BCUT2D eigenvalue weighted by molar-refractivity contribution is -0.133. The molecule has 0 spiro atoms. The SMILES string of the molecule is CC(C)(CCl)C(=O)C(Oc1ccc(-c2ccc(Cl)cc2)cc1)c1ncc[nH]1. The van der Waals surface area contributed by atoms with Crippen molar-refractivity contribution < 1.29 is 9.53 Å². The molecule has 0 saturated carbocycles. The van der Waals surface area contributed by atoms with Crippen molar-refractivity contribution in [1.29, 1.82) is 0 Å². The number of alkyl halides is 1. The summed E-state index contributed by atoms with van der Waals surface area (Å²) in [6, 6.07) is 15.2. The molecule has 1 atom stereocenters. The summed E-state index contributed by atoms with van der Waals surface area (Å²) in [6.07, 6.45) is 2.40. The average Bonchev–Trinajstić information content (AvgIpc) is 3.21. The van der Waals surface area contributed by atoms with E-state index in [0.717, 1.165) is 11.1 Å². The number of carbonyl (C=O) groups is 1. The Morgan fingerprint density at radius 3 is 2.22 bits per heavy atom. The van der Waals surface area contributed by atoms with Gasteiger partial charge in [-0.15, -0.1) is 11.6 Å². The Morgan fingerprint density at radius 1 is 1.11 bits per heavy atom. The fraction of sp³-hybridized carbons (Fsp3) is 0.238. The van der Waals surface area contributed by atoms with Crippen LogP contribution < -0.4 is 4.74 Å². The van der Waals surface area contributed by atoms with Gasteiger partial charge >= 0.3 is 0 Å². The molecule has 27 heavy (non-hydrogen) atoms. The maximum Gasteiger partial charge on any atom is 0.214 e. The minimum Gasteiger partial charge on any atom is -0.475 e. The first kappa shape index (κ1) is 19.5. The van der Waals surface area contributed by atoms with Crippen LogP contribution in [0.5, 0.6) is 5.75 Å². The largest absolute Gasteiger partial charge is 0.475 e. The lowest BCUT2D eigenvalue weighted by Crippen LogP contribution is -2.34. The predicted molar refractivity (Wildman–Crippen MR) is 108 cm³/mol. The van der Waals surface area contributed by atoms with E-state index in [1.54, 1.807) is 26.2 Å². The van der Waals surface area contributed by atoms with Crippen molar-refractivity contribution in [3.8, 4) is 16.9 Å². The molecule has 0 aliphatic rings. The number of ether oxygens (including phenoxy) is 1. The summed E-state index contributed by atoms with van der Waals surface area (Å²) in [6.45, 7) is 3.59. The molecule has 6 heteroatoms. The molecule has 3 rings (SSSR count). The molecule has 1 heterocycles. The number of nitrogens with one attached hydrogen (secondary N) is 1. The molecule has 0 amide bonds. The zero-order valence-corrected chi connectivity index (χ0v) is 16.6. The van der Waals surface area contributed by atoms with Crippen LogP contribution in [0.15, 0.2) is 60.9 Å². The zero-order valence-electron chi connectivity index (χ0n) is 15.1. The fourth-order valence-electron chi connectivity index (χ4n) is 2.58. The molecule has 140 valence electrons. The number of hydrogen-bond donors (Lipinski definition) is 1. The molecule has 3 aromatic rings. The Labute approximate surface area is 168 Å². The molecule has 2 aromatic carbocycles. The Balaban J connectivity index is 1.84. The van der Waals surface area contributed by atoms with Crippen molar-refractivity contribution in [1.82, 2.24) is 9.97 Å². The van der Waals surface area contributed by atoms with Gasteiger partial charge in [-0.05, 0) is 35.4 Å². The van der Waals surface area contributed by atoms with Gasteiger partial charge in [0.25, 0.3) is 0 Å². The van der Waals surface area contributed by atoms with Crippen LogP contribution in [0.4, 0.5) is 0 Å². The van der Waals surface area contributed by atoms with Gasteiger partial charge < -0.3 is 9.72 Å². The molecule has 0 saturated heterocycles. The average molecular weight is 403 g/mol. The van der Waals surface area contributed by atoms with Crippen LogP contribution in [0.1, 0.15) is 25.8 Å². The lowest BCUT2D eigenvalue weighted by atomic mass is 9.87. The molecule has 1 N–H and O–H groups in total. The van der Waals surface area contributed by atoms with E-state index in [1.807, 2.05) is 48.5 Å². The van der Waals surface area contributed by atoms with Gasteiger partial charge in [-0.25, -0.2) is 4.98 Å². The van der Waals surface area contributed by atoms with Gasteiger partial charge in [0.2, 0.25) is 6.10 Å². The van der Waals surface area contributed by atoms with E-state index in [9.17, 15) is 4.79 Å². The number of hydrogen-bond acceptors (Lipinski definition) is 3. The van der Waals surface area contributed by atoms with Gasteiger partial charge in [-0.2, -0.15) is 0 Å². The van der Waals surface area contributed by atoms with Crippen LogP contribution in [-0.2, 0) is 4.79 Å². The first-order valence-corrected chi connectivity index (χ1v) is 9.44. The highest BCUT2D eigenvalue weighted by Gasteiger charge is 2.37. The summed E-state index contributed by atoms with van der Waals surface area (Å²) in [4.78, 5) is 20.1. The normalized spacial score (nSPS) is 12.6. The second-order valence-corrected chi connectivity index (χ2v) is 7.59. The number of carbonyl (C=O) groups excluding carboxylic acids is 1. The number of ketones is 1. The van der Waals surface area contributed by atoms with Crippen LogP contribution in [0, 0.1) is 5.41 Å². The Kier molecular flexibility index (Phi) is 5.88. The first-order valence-electron chi connectivity index (χ1n) is 8.53. The number of aromatic nitrogens is 2. The van der Waals surface area contributed by atoms with Gasteiger partial charge in [0.1, 0.15) is 5.75 Å². The van der Waals surface area contributed by atoms with Crippen molar-refractivity contribution >= 4 is 29.0 Å². The van der Waals surface area contributed by atoms with E-state index in [2.05, 4.69) is 9.97 Å². The highest BCUT2D eigenvalue weighted by molar-refractivity contribution is 6.30. The third kappa shape index (κ3) is 4.52. The predicted octanol–water partition coefficient (Wildman–Crippen LogP) is 5.68. The maximum atomic E-state index is 12.9. The van der Waals surface area contributed by atoms with E-state index in [1.165, 1.54) is 0 Å². The van der Waals surface area contributed by atoms with Crippen molar-refractivity contribution in [2.45, 2.75) is 20.0 Å². The van der Waals surface area contributed by atoms with Crippen molar-refractivity contribution in [2.24, 2.45) is 5.41 Å². The van der Waals surface area contributed by atoms with E-state index < -0.39 is 11.5 Å². The molecule has 0 aliphatic heterocycles. The number of halogens is 2. The van der Waals surface area contributed by atoms with Crippen LogP contribution in [-0.4, -0.2) is 21.6 Å². The Morgan fingerprint density at radius 2 is 1.70 bits per heavy atom. The zero-order chi connectivity index (χ0) is 19.4. The second kappa shape index (κ2) is 8.15. The fourth-order valence-corrected chi connectivity index (χ4v) is 2.84. The van der Waals surface area contributed by atoms with E-state index in [0.29, 0.717) is 16.6 Å². The molecule has 0 fully saturated rings. The number of Topliss-reactive ketones (excluding diaryl/α,β-unsaturated/α-hetero) is 1. The maximum absolute atomic E-state index is 12.9. The summed E-state index contributed by atoms with van der Waals surface area (Å²) in [5.74, 6) is 1.10. The third-order valence-electron chi connectivity index (χ3n) is 4.29. The van der Waals surface area contributed by atoms with E-state index in [4.69, 9.17) is 27.9 Å². The van der Waals surface area contributed by atoms with Gasteiger partial charge in [-0.1, -0.05) is 49.7 Å². The number of benzene rings is 2. The van der Waals surface area contributed by atoms with E-state index >= 15 is 0 Å². The third-order valence-corrected chi connectivity index (χ3v) is 5.21.